The predicted molar refractivity (Wildman–Crippen MR) is 78.5 cm³/mol. The van der Waals surface area contributed by atoms with Gasteiger partial charge in [-0.3, -0.25) is 9.48 Å². The van der Waals surface area contributed by atoms with E-state index in [0.717, 1.165) is 30.6 Å². The van der Waals surface area contributed by atoms with Gasteiger partial charge in [0.25, 0.3) is 0 Å². The molecule has 0 unspecified atom stereocenters. The van der Waals surface area contributed by atoms with Crippen LogP contribution in [-0.4, -0.2) is 16.1 Å². The van der Waals surface area contributed by atoms with Crippen LogP contribution >= 0.6 is 11.6 Å². The highest BCUT2D eigenvalue weighted by Crippen LogP contribution is 2.28. The average Bonchev–Trinajstić information content (AvgIpc) is 2.88. The Morgan fingerprint density at radius 3 is 2.85 bits per heavy atom. The molecule has 0 bridgehead atoms. The first-order chi connectivity index (χ1) is 9.69. The van der Waals surface area contributed by atoms with Crippen LogP contribution in [-0.2, 0) is 19.6 Å². The van der Waals surface area contributed by atoms with Gasteiger partial charge >= 0.3 is 0 Å². The van der Waals surface area contributed by atoms with Crippen LogP contribution in [0.1, 0.15) is 35.6 Å². The Hall–Kier alpha value is -1.81. The minimum Gasteiger partial charge on any atom is -0.485 e. The minimum absolute atomic E-state index is 0.339. The summed E-state index contributed by atoms with van der Waals surface area (Å²) in [6.45, 7) is 5.21. The summed E-state index contributed by atoms with van der Waals surface area (Å²) in [4.78, 5) is 11.0. The molecule has 0 saturated heterocycles. The van der Waals surface area contributed by atoms with Gasteiger partial charge in [0.1, 0.15) is 12.4 Å². The number of aryl methyl sites for hydroxylation is 2. The summed E-state index contributed by atoms with van der Waals surface area (Å²) in [6.07, 6.45) is 1.63. The number of hydrogen-bond acceptors (Lipinski definition) is 3. The lowest BCUT2D eigenvalue weighted by atomic mass is 10.2. The first-order valence-electron chi connectivity index (χ1n) is 6.61. The molecule has 106 valence electrons. The zero-order valence-electron chi connectivity index (χ0n) is 11.6. The molecule has 2 aromatic rings. The molecule has 0 N–H and O–H groups in total. The molecule has 5 heteroatoms. The van der Waals surface area contributed by atoms with E-state index in [0.29, 0.717) is 22.9 Å². The van der Waals surface area contributed by atoms with Crippen LogP contribution in [0.3, 0.4) is 0 Å². The van der Waals surface area contributed by atoms with Crippen molar-refractivity contribution in [3.05, 3.63) is 46.2 Å². The van der Waals surface area contributed by atoms with Crippen molar-refractivity contribution in [2.45, 2.75) is 33.4 Å². The fraction of sp³-hybridized carbons (Fsp3) is 0.333. The summed E-state index contributed by atoms with van der Waals surface area (Å²) < 4.78 is 7.62. The van der Waals surface area contributed by atoms with E-state index in [1.807, 2.05) is 17.7 Å². The van der Waals surface area contributed by atoms with Gasteiger partial charge in [-0.25, -0.2) is 0 Å². The molecule has 1 aromatic heterocycles. The van der Waals surface area contributed by atoms with Crippen molar-refractivity contribution >= 4 is 17.9 Å². The summed E-state index contributed by atoms with van der Waals surface area (Å²) >= 11 is 6.07. The molecule has 0 atom stereocenters. The number of nitrogens with zero attached hydrogens (tertiary/aromatic N) is 2. The normalized spacial score (nSPS) is 10.6. The summed E-state index contributed by atoms with van der Waals surface area (Å²) in [7, 11) is 0. The molecule has 0 aliphatic heterocycles. The third-order valence-electron chi connectivity index (χ3n) is 3.06. The Labute approximate surface area is 123 Å². The molecule has 0 radical (unpaired) electrons. The fourth-order valence-corrected chi connectivity index (χ4v) is 2.23. The van der Waals surface area contributed by atoms with Gasteiger partial charge in [0.15, 0.2) is 6.29 Å². The number of hydrogen-bond donors (Lipinski definition) is 0. The van der Waals surface area contributed by atoms with Crippen molar-refractivity contribution in [1.29, 1.82) is 0 Å². The molecule has 1 heterocycles. The lowest BCUT2D eigenvalue weighted by molar-refractivity contribution is 0.111. The highest BCUT2D eigenvalue weighted by atomic mass is 35.5. The first kappa shape index (κ1) is 14.6. The molecule has 0 spiro atoms. The standard InChI is InChI=1S/C15H17ClN2O2/c1-3-12-8-13(18(4-2)17-12)10-20-15-11(9-19)6-5-7-14(15)16/h5-9H,3-4,10H2,1-2H3. The van der Waals surface area contributed by atoms with Crippen molar-refractivity contribution in [1.82, 2.24) is 9.78 Å². The van der Waals surface area contributed by atoms with E-state index in [1.54, 1.807) is 18.2 Å². The third kappa shape index (κ3) is 3.02. The Bertz CT molecular complexity index is 608. The van der Waals surface area contributed by atoms with Crippen molar-refractivity contribution in [3.63, 3.8) is 0 Å². The Balaban J connectivity index is 2.20. The van der Waals surface area contributed by atoms with E-state index in [1.165, 1.54) is 0 Å². The lowest BCUT2D eigenvalue weighted by Gasteiger charge is -2.10. The van der Waals surface area contributed by atoms with Gasteiger partial charge in [-0.1, -0.05) is 24.6 Å². The molecule has 1 aromatic carbocycles. The van der Waals surface area contributed by atoms with Crippen LogP contribution in [0.25, 0.3) is 0 Å². The second kappa shape index (κ2) is 6.57. The molecular formula is C15H17ClN2O2. The van der Waals surface area contributed by atoms with Crippen LogP contribution in [0.4, 0.5) is 0 Å². The number of carbonyl (C=O) groups is 1. The van der Waals surface area contributed by atoms with Crippen LogP contribution < -0.4 is 4.74 Å². The highest BCUT2D eigenvalue weighted by molar-refractivity contribution is 6.32. The summed E-state index contributed by atoms with van der Waals surface area (Å²) in [6, 6.07) is 7.13. The second-order valence-electron chi connectivity index (χ2n) is 4.36. The van der Waals surface area contributed by atoms with Crippen molar-refractivity contribution in [2.24, 2.45) is 0 Å². The van der Waals surface area contributed by atoms with Gasteiger partial charge in [0.2, 0.25) is 0 Å². The van der Waals surface area contributed by atoms with E-state index >= 15 is 0 Å². The van der Waals surface area contributed by atoms with E-state index in [2.05, 4.69) is 12.0 Å². The topological polar surface area (TPSA) is 44.1 Å². The van der Waals surface area contributed by atoms with Crippen LogP contribution in [0.15, 0.2) is 24.3 Å². The maximum atomic E-state index is 11.0. The Kier molecular flexibility index (Phi) is 4.79. The largest absolute Gasteiger partial charge is 0.485 e. The predicted octanol–water partition coefficient (Wildman–Crippen LogP) is 3.51. The SMILES string of the molecule is CCc1cc(COc2c(Cl)cccc2C=O)n(CC)n1. The number of aldehydes is 1. The average molecular weight is 293 g/mol. The molecule has 0 saturated carbocycles. The van der Waals surface area contributed by atoms with Crippen LogP contribution in [0.5, 0.6) is 5.75 Å². The highest BCUT2D eigenvalue weighted by Gasteiger charge is 2.11. The molecule has 0 aliphatic rings. The maximum absolute atomic E-state index is 11.0. The number of para-hydroxylation sites is 1. The van der Waals surface area contributed by atoms with Gasteiger partial charge in [0, 0.05) is 6.54 Å². The first-order valence-corrected chi connectivity index (χ1v) is 6.99. The van der Waals surface area contributed by atoms with E-state index < -0.39 is 0 Å². The maximum Gasteiger partial charge on any atom is 0.153 e. The van der Waals surface area contributed by atoms with Crippen LogP contribution in [0.2, 0.25) is 5.02 Å². The molecule has 0 aliphatic carbocycles. The number of rotatable bonds is 6. The van der Waals surface area contributed by atoms with Gasteiger partial charge < -0.3 is 4.74 Å². The number of aromatic nitrogens is 2. The van der Waals surface area contributed by atoms with E-state index in [-0.39, 0.29) is 0 Å². The number of benzene rings is 1. The van der Waals surface area contributed by atoms with Gasteiger partial charge in [-0.05, 0) is 31.5 Å². The molecule has 0 fully saturated rings. The zero-order chi connectivity index (χ0) is 14.5. The van der Waals surface area contributed by atoms with E-state index in [4.69, 9.17) is 16.3 Å². The number of ether oxygens (including phenoxy) is 1. The monoisotopic (exact) mass is 292 g/mol. The van der Waals surface area contributed by atoms with E-state index in [9.17, 15) is 4.79 Å². The van der Waals surface area contributed by atoms with Crippen molar-refractivity contribution in [2.75, 3.05) is 0 Å². The Morgan fingerprint density at radius 2 is 2.20 bits per heavy atom. The van der Waals surface area contributed by atoms with Crippen molar-refractivity contribution in [3.8, 4) is 5.75 Å². The minimum atomic E-state index is 0.339. The van der Waals surface area contributed by atoms with Gasteiger partial charge in [0.05, 0.1) is 22.0 Å². The summed E-state index contributed by atoms with van der Waals surface area (Å²) in [5, 5.41) is 4.90. The zero-order valence-corrected chi connectivity index (χ0v) is 12.4. The Morgan fingerprint density at radius 1 is 1.40 bits per heavy atom. The fourth-order valence-electron chi connectivity index (χ4n) is 1.99. The van der Waals surface area contributed by atoms with Crippen LogP contribution in [0, 0.1) is 0 Å². The molecule has 4 nitrogen and oxygen atoms in total. The molecular weight excluding hydrogens is 276 g/mol. The number of carbonyl (C=O) groups excluding carboxylic acids is 1. The smallest absolute Gasteiger partial charge is 0.153 e. The molecule has 20 heavy (non-hydrogen) atoms. The summed E-state index contributed by atoms with van der Waals surface area (Å²) in [5.41, 5.74) is 2.46. The summed E-state index contributed by atoms with van der Waals surface area (Å²) in [5.74, 6) is 0.422. The van der Waals surface area contributed by atoms with Gasteiger partial charge in [-0.2, -0.15) is 5.10 Å². The third-order valence-corrected chi connectivity index (χ3v) is 3.36. The van der Waals surface area contributed by atoms with Gasteiger partial charge in [-0.15, -0.1) is 0 Å². The second-order valence-corrected chi connectivity index (χ2v) is 4.77. The molecule has 0 amide bonds. The van der Waals surface area contributed by atoms with Crippen molar-refractivity contribution < 1.29 is 9.53 Å². The quantitative estimate of drug-likeness (QED) is 0.765. The lowest BCUT2D eigenvalue weighted by Crippen LogP contribution is -2.07. The molecule has 2 rings (SSSR count). The number of halogens is 1.